The van der Waals surface area contributed by atoms with Gasteiger partial charge in [-0.25, -0.2) is 4.79 Å². The number of carbonyl (C=O) groups excluding carboxylic acids is 1. The summed E-state index contributed by atoms with van der Waals surface area (Å²) in [5, 5.41) is 0. The van der Waals surface area contributed by atoms with Gasteiger partial charge in [-0.1, -0.05) is 23.8 Å². The summed E-state index contributed by atoms with van der Waals surface area (Å²) in [4.78, 5) is 11.5. The Bertz CT molecular complexity index is 399. The normalized spacial score (nSPS) is 9.60. The molecule has 0 heterocycles. The minimum Gasteiger partial charge on any atom is -0.465 e. The zero-order chi connectivity index (χ0) is 11.4. The Hall–Kier alpha value is -1.57. The van der Waals surface area contributed by atoms with Crippen molar-refractivity contribution in [3.8, 4) is 0 Å². The van der Waals surface area contributed by atoms with Gasteiger partial charge in [0.15, 0.2) is 0 Å². The molecule has 0 amide bonds. The van der Waals surface area contributed by atoms with Crippen molar-refractivity contribution in [2.75, 3.05) is 7.11 Å². The molecule has 0 atom stereocenters. The van der Waals surface area contributed by atoms with Crippen LogP contribution in [0.2, 0.25) is 0 Å². The molecule has 1 aromatic carbocycles. The molecule has 0 saturated heterocycles. The molecular formula is C13H16O2. The van der Waals surface area contributed by atoms with E-state index in [0.29, 0.717) is 5.56 Å². The lowest BCUT2D eigenvalue weighted by Gasteiger charge is -2.09. The highest BCUT2D eigenvalue weighted by Crippen LogP contribution is 2.22. The zero-order valence-corrected chi connectivity index (χ0v) is 9.63. The van der Waals surface area contributed by atoms with Gasteiger partial charge < -0.3 is 4.74 Å². The van der Waals surface area contributed by atoms with Crippen LogP contribution in [0.1, 0.15) is 36.7 Å². The van der Waals surface area contributed by atoms with Gasteiger partial charge >= 0.3 is 5.97 Å². The SMILES string of the molecule is COC(=O)c1ccccc1C(C)=C(C)C. The Morgan fingerprint density at radius 2 is 1.60 bits per heavy atom. The van der Waals surface area contributed by atoms with Gasteiger partial charge in [-0.2, -0.15) is 0 Å². The van der Waals surface area contributed by atoms with Crippen LogP contribution in [0.15, 0.2) is 29.8 Å². The Balaban J connectivity index is 3.30. The van der Waals surface area contributed by atoms with Crippen LogP contribution in [-0.2, 0) is 4.74 Å². The van der Waals surface area contributed by atoms with Crippen molar-refractivity contribution in [1.82, 2.24) is 0 Å². The van der Waals surface area contributed by atoms with Crippen molar-refractivity contribution in [3.63, 3.8) is 0 Å². The average Bonchev–Trinajstić information content (AvgIpc) is 2.27. The zero-order valence-electron chi connectivity index (χ0n) is 9.63. The van der Waals surface area contributed by atoms with E-state index in [9.17, 15) is 4.79 Å². The quantitative estimate of drug-likeness (QED) is 0.691. The van der Waals surface area contributed by atoms with Gasteiger partial charge in [-0.15, -0.1) is 0 Å². The molecule has 0 spiro atoms. The third-order valence-corrected chi connectivity index (χ3v) is 2.49. The number of methoxy groups -OCH3 is 1. The molecule has 0 N–H and O–H groups in total. The van der Waals surface area contributed by atoms with Crippen LogP contribution in [-0.4, -0.2) is 13.1 Å². The molecule has 0 aliphatic carbocycles. The van der Waals surface area contributed by atoms with Crippen molar-refractivity contribution in [1.29, 1.82) is 0 Å². The second kappa shape index (κ2) is 4.78. The molecule has 2 nitrogen and oxygen atoms in total. The molecule has 1 aromatic rings. The molecule has 0 unspecified atom stereocenters. The van der Waals surface area contributed by atoms with Crippen molar-refractivity contribution in [2.24, 2.45) is 0 Å². The highest BCUT2D eigenvalue weighted by atomic mass is 16.5. The highest BCUT2D eigenvalue weighted by molar-refractivity contribution is 5.95. The fraction of sp³-hybridized carbons (Fsp3) is 0.308. The summed E-state index contributed by atoms with van der Waals surface area (Å²) in [5.41, 5.74) is 3.89. The predicted molar refractivity (Wildman–Crippen MR) is 61.7 cm³/mol. The number of allylic oxidation sites excluding steroid dienone is 2. The molecule has 0 fully saturated rings. The van der Waals surface area contributed by atoms with Gasteiger partial charge in [-0.3, -0.25) is 0 Å². The molecule has 0 aliphatic rings. The summed E-state index contributed by atoms with van der Waals surface area (Å²) in [7, 11) is 1.40. The Labute approximate surface area is 90.6 Å². The summed E-state index contributed by atoms with van der Waals surface area (Å²) in [6.45, 7) is 6.07. The van der Waals surface area contributed by atoms with Crippen molar-refractivity contribution in [2.45, 2.75) is 20.8 Å². The molecule has 0 radical (unpaired) electrons. The van der Waals surface area contributed by atoms with Gasteiger partial charge in [0.1, 0.15) is 0 Å². The van der Waals surface area contributed by atoms with Gasteiger partial charge in [0.2, 0.25) is 0 Å². The number of ether oxygens (including phenoxy) is 1. The van der Waals surface area contributed by atoms with E-state index in [1.54, 1.807) is 6.07 Å². The van der Waals surface area contributed by atoms with E-state index in [1.165, 1.54) is 12.7 Å². The van der Waals surface area contributed by atoms with E-state index in [-0.39, 0.29) is 5.97 Å². The monoisotopic (exact) mass is 204 g/mol. The summed E-state index contributed by atoms with van der Waals surface area (Å²) < 4.78 is 4.75. The summed E-state index contributed by atoms with van der Waals surface area (Å²) in [6, 6.07) is 7.49. The number of rotatable bonds is 2. The topological polar surface area (TPSA) is 26.3 Å². The first-order valence-corrected chi connectivity index (χ1v) is 4.89. The first kappa shape index (κ1) is 11.5. The average molecular weight is 204 g/mol. The van der Waals surface area contributed by atoms with E-state index in [4.69, 9.17) is 4.74 Å². The second-order valence-corrected chi connectivity index (χ2v) is 3.66. The van der Waals surface area contributed by atoms with Crippen LogP contribution in [0, 0.1) is 0 Å². The summed E-state index contributed by atoms with van der Waals surface area (Å²) in [6.07, 6.45) is 0. The van der Waals surface area contributed by atoms with Crippen LogP contribution in [0.4, 0.5) is 0 Å². The van der Waals surface area contributed by atoms with Gasteiger partial charge in [0.05, 0.1) is 12.7 Å². The number of benzene rings is 1. The molecule has 1 rings (SSSR count). The number of hydrogen-bond acceptors (Lipinski definition) is 2. The maximum atomic E-state index is 11.5. The lowest BCUT2D eigenvalue weighted by Crippen LogP contribution is -2.04. The van der Waals surface area contributed by atoms with Crippen LogP contribution in [0.3, 0.4) is 0 Å². The second-order valence-electron chi connectivity index (χ2n) is 3.66. The molecule has 15 heavy (non-hydrogen) atoms. The van der Waals surface area contributed by atoms with Gasteiger partial charge in [-0.05, 0) is 38.0 Å². The summed E-state index contributed by atoms with van der Waals surface area (Å²) in [5.74, 6) is -0.286. The number of esters is 1. The first-order chi connectivity index (χ1) is 7.07. The van der Waals surface area contributed by atoms with E-state index in [1.807, 2.05) is 39.0 Å². The fourth-order valence-electron chi connectivity index (χ4n) is 1.37. The molecule has 2 heteroatoms. The van der Waals surface area contributed by atoms with Crippen LogP contribution >= 0.6 is 0 Å². The maximum absolute atomic E-state index is 11.5. The first-order valence-electron chi connectivity index (χ1n) is 4.89. The van der Waals surface area contributed by atoms with Crippen molar-refractivity contribution < 1.29 is 9.53 Å². The third kappa shape index (κ3) is 2.46. The smallest absolute Gasteiger partial charge is 0.338 e. The van der Waals surface area contributed by atoms with E-state index in [0.717, 1.165) is 11.1 Å². The standard InChI is InChI=1S/C13H16O2/c1-9(2)10(3)11-7-5-6-8-12(11)13(14)15-4/h5-8H,1-4H3. The Morgan fingerprint density at radius 1 is 1.07 bits per heavy atom. The largest absolute Gasteiger partial charge is 0.465 e. The van der Waals surface area contributed by atoms with Gasteiger partial charge in [0.25, 0.3) is 0 Å². The predicted octanol–water partition coefficient (Wildman–Crippen LogP) is 3.29. The highest BCUT2D eigenvalue weighted by Gasteiger charge is 2.12. The molecule has 0 aliphatic heterocycles. The van der Waals surface area contributed by atoms with Gasteiger partial charge in [0, 0.05) is 0 Å². The number of hydrogen-bond donors (Lipinski definition) is 0. The Morgan fingerprint density at radius 3 is 2.07 bits per heavy atom. The molecule has 0 bridgehead atoms. The molecule has 80 valence electrons. The van der Waals surface area contributed by atoms with Crippen LogP contribution in [0.25, 0.3) is 5.57 Å². The van der Waals surface area contributed by atoms with Crippen molar-refractivity contribution >= 4 is 11.5 Å². The fourth-order valence-corrected chi connectivity index (χ4v) is 1.37. The Kier molecular flexibility index (Phi) is 3.67. The maximum Gasteiger partial charge on any atom is 0.338 e. The van der Waals surface area contributed by atoms with E-state index < -0.39 is 0 Å². The lowest BCUT2D eigenvalue weighted by molar-refractivity contribution is 0.0600. The lowest BCUT2D eigenvalue weighted by atomic mass is 9.98. The molecule has 0 aromatic heterocycles. The minimum atomic E-state index is -0.286. The molecular weight excluding hydrogens is 188 g/mol. The molecule has 0 saturated carbocycles. The minimum absolute atomic E-state index is 0.286. The van der Waals surface area contributed by atoms with Crippen molar-refractivity contribution in [3.05, 3.63) is 41.0 Å². The van der Waals surface area contributed by atoms with Crippen LogP contribution in [0.5, 0.6) is 0 Å². The van der Waals surface area contributed by atoms with Crippen LogP contribution < -0.4 is 0 Å². The van der Waals surface area contributed by atoms with E-state index >= 15 is 0 Å². The number of carbonyl (C=O) groups is 1. The summed E-state index contributed by atoms with van der Waals surface area (Å²) >= 11 is 0. The third-order valence-electron chi connectivity index (χ3n) is 2.49. The van der Waals surface area contributed by atoms with E-state index in [2.05, 4.69) is 0 Å².